The van der Waals surface area contributed by atoms with E-state index in [1.807, 2.05) is 44.2 Å². The van der Waals surface area contributed by atoms with Crippen LogP contribution in [-0.4, -0.2) is 40.3 Å². The minimum atomic E-state index is -3.59. The Balaban J connectivity index is 1.96. The Bertz CT molecular complexity index is 935. The first-order chi connectivity index (χ1) is 13.6. The van der Waals surface area contributed by atoms with Crippen molar-refractivity contribution < 1.29 is 17.9 Å². The molecule has 0 heterocycles. The van der Waals surface area contributed by atoms with Crippen LogP contribution in [0.3, 0.4) is 0 Å². The second-order valence-corrected chi connectivity index (χ2v) is 9.41. The second-order valence-electron chi connectivity index (χ2n) is 7.51. The number of nitrogens with zero attached hydrogens (tertiary/aromatic N) is 1. The van der Waals surface area contributed by atoms with Gasteiger partial charge in [0.25, 0.3) is 0 Å². The molecule has 0 fully saturated rings. The quantitative estimate of drug-likeness (QED) is 0.634. The zero-order chi connectivity index (χ0) is 21.6. The fourth-order valence-electron chi connectivity index (χ4n) is 3.12. The molecule has 29 heavy (non-hydrogen) atoms. The van der Waals surface area contributed by atoms with Gasteiger partial charge in [-0.1, -0.05) is 38.1 Å². The largest absolute Gasteiger partial charge is 0.491 e. The molecule has 6 nitrogen and oxygen atoms in total. The molecule has 0 aliphatic rings. The predicted molar refractivity (Wildman–Crippen MR) is 117 cm³/mol. The van der Waals surface area contributed by atoms with E-state index in [0.717, 1.165) is 33.0 Å². The van der Waals surface area contributed by atoms with Gasteiger partial charge in [0, 0.05) is 0 Å². The summed E-state index contributed by atoms with van der Waals surface area (Å²) in [4.78, 5) is 12.4. The first-order valence-corrected chi connectivity index (χ1v) is 11.5. The summed E-state index contributed by atoms with van der Waals surface area (Å²) in [5.41, 5.74) is 3.47. The number of ether oxygens (including phenoxy) is 1. The zero-order valence-corrected chi connectivity index (χ0v) is 18.5. The lowest BCUT2D eigenvalue weighted by molar-refractivity contribution is -0.119. The van der Waals surface area contributed by atoms with Gasteiger partial charge in [-0.05, 0) is 54.7 Å². The van der Waals surface area contributed by atoms with Crippen LogP contribution in [0.2, 0.25) is 0 Å². The van der Waals surface area contributed by atoms with Crippen molar-refractivity contribution in [3.63, 3.8) is 0 Å². The average Bonchev–Trinajstić information content (AvgIpc) is 2.61. The van der Waals surface area contributed by atoms with Crippen LogP contribution in [0.4, 0.5) is 5.69 Å². The van der Waals surface area contributed by atoms with Crippen LogP contribution in [0.1, 0.15) is 36.5 Å². The molecule has 0 bridgehead atoms. The Hall–Kier alpha value is -2.54. The number of hydrogen-bond donors (Lipinski definition) is 1. The van der Waals surface area contributed by atoms with Gasteiger partial charge in [0.15, 0.2) is 0 Å². The Morgan fingerprint density at radius 2 is 1.72 bits per heavy atom. The van der Waals surface area contributed by atoms with Gasteiger partial charge in [-0.25, -0.2) is 8.42 Å². The van der Waals surface area contributed by atoms with Gasteiger partial charge in [-0.3, -0.25) is 9.10 Å². The average molecular weight is 419 g/mol. The Labute approximate surface area is 173 Å². The lowest BCUT2D eigenvalue weighted by Crippen LogP contribution is -2.41. The Kier molecular flexibility index (Phi) is 7.67. The van der Waals surface area contributed by atoms with Crippen LogP contribution >= 0.6 is 0 Å². The molecule has 0 aliphatic heterocycles. The molecule has 0 saturated heterocycles. The van der Waals surface area contributed by atoms with Gasteiger partial charge in [-0.15, -0.1) is 0 Å². The van der Waals surface area contributed by atoms with Crippen molar-refractivity contribution in [1.29, 1.82) is 0 Å². The number of amides is 1. The number of benzene rings is 2. The number of hydrogen-bond acceptors (Lipinski definition) is 4. The fourth-order valence-corrected chi connectivity index (χ4v) is 3.96. The highest BCUT2D eigenvalue weighted by Gasteiger charge is 2.21. The number of rotatable bonds is 9. The lowest BCUT2D eigenvalue weighted by Gasteiger charge is -2.23. The molecule has 0 unspecified atom stereocenters. The van der Waals surface area contributed by atoms with E-state index in [2.05, 4.69) is 19.2 Å². The first-order valence-electron chi connectivity index (χ1n) is 9.62. The van der Waals surface area contributed by atoms with Crippen LogP contribution < -0.4 is 14.4 Å². The van der Waals surface area contributed by atoms with Crippen molar-refractivity contribution in [1.82, 2.24) is 5.32 Å². The third-order valence-corrected chi connectivity index (χ3v) is 5.55. The van der Waals surface area contributed by atoms with E-state index < -0.39 is 10.0 Å². The Morgan fingerprint density at radius 1 is 1.10 bits per heavy atom. The molecule has 0 aromatic heterocycles. The van der Waals surface area contributed by atoms with Crippen LogP contribution in [0.25, 0.3) is 0 Å². The molecule has 0 aliphatic carbocycles. The molecular weight excluding hydrogens is 388 g/mol. The Morgan fingerprint density at radius 3 is 2.31 bits per heavy atom. The summed E-state index contributed by atoms with van der Waals surface area (Å²) in [7, 11) is -3.59. The molecule has 2 aromatic carbocycles. The monoisotopic (exact) mass is 418 g/mol. The fraction of sp³-hybridized carbons (Fsp3) is 0.409. The van der Waals surface area contributed by atoms with E-state index in [1.165, 1.54) is 0 Å². The second kappa shape index (κ2) is 9.78. The van der Waals surface area contributed by atoms with Crippen molar-refractivity contribution >= 4 is 21.6 Å². The first kappa shape index (κ1) is 22.7. The van der Waals surface area contributed by atoms with Crippen molar-refractivity contribution in [2.75, 3.05) is 30.3 Å². The van der Waals surface area contributed by atoms with Crippen LogP contribution in [0, 0.1) is 13.8 Å². The van der Waals surface area contributed by atoms with Crippen molar-refractivity contribution in [3.05, 3.63) is 59.2 Å². The van der Waals surface area contributed by atoms with Crippen molar-refractivity contribution in [2.24, 2.45) is 0 Å². The maximum Gasteiger partial charge on any atom is 0.240 e. The third kappa shape index (κ3) is 6.78. The molecule has 158 valence electrons. The molecule has 0 radical (unpaired) electrons. The highest BCUT2D eigenvalue weighted by atomic mass is 32.2. The highest BCUT2D eigenvalue weighted by Crippen LogP contribution is 2.25. The molecule has 2 rings (SSSR count). The summed E-state index contributed by atoms with van der Waals surface area (Å²) in [6.07, 6.45) is 1.10. The number of anilines is 1. The van der Waals surface area contributed by atoms with E-state index in [9.17, 15) is 13.2 Å². The number of aryl methyl sites for hydroxylation is 2. The van der Waals surface area contributed by atoms with Gasteiger partial charge in [0.2, 0.25) is 15.9 Å². The number of nitrogens with one attached hydrogen (secondary N) is 1. The third-order valence-electron chi connectivity index (χ3n) is 4.40. The van der Waals surface area contributed by atoms with Crippen LogP contribution in [0.15, 0.2) is 42.5 Å². The molecule has 1 N–H and O–H groups in total. The topological polar surface area (TPSA) is 75.7 Å². The standard InChI is InChI=1S/C22H30N2O4S/c1-16(2)20-8-6-7-9-21(20)28-11-10-23-22(25)15-24(29(5,26)27)19-13-17(3)12-18(4)14-19/h6-9,12-14,16H,10-11,15H2,1-5H3,(H,23,25). The van der Waals surface area contributed by atoms with E-state index in [-0.39, 0.29) is 19.0 Å². The van der Waals surface area contributed by atoms with Gasteiger partial charge < -0.3 is 10.1 Å². The number of carbonyl (C=O) groups excluding carboxylic acids is 1. The molecule has 1 amide bonds. The summed E-state index contributed by atoms with van der Waals surface area (Å²) in [6, 6.07) is 13.3. The van der Waals surface area contributed by atoms with Crippen molar-refractivity contribution in [2.45, 2.75) is 33.6 Å². The predicted octanol–water partition coefficient (Wildman–Crippen LogP) is 3.39. The minimum Gasteiger partial charge on any atom is -0.491 e. The maximum atomic E-state index is 12.4. The highest BCUT2D eigenvalue weighted by molar-refractivity contribution is 7.92. The zero-order valence-electron chi connectivity index (χ0n) is 17.7. The lowest BCUT2D eigenvalue weighted by atomic mass is 10.0. The molecular formula is C22H30N2O4S. The maximum absolute atomic E-state index is 12.4. The number of para-hydroxylation sites is 1. The number of carbonyl (C=O) groups is 1. The van der Waals surface area contributed by atoms with E-state index in [1.54, 1.807) is 12.1 Å². The molecule has 7 heteroatoms. The van der Waals surface area contributed by atoms with E-state index >= 15 is 0 Å². The SMILES string of the molecule is Cc1cc(C)cc(N(CC(=O)NCCOc2ccccc2C(C)C)S(C)(=O)=O)c1. The van der Waals surface area contributed by atoms with Crippen LogP contribution in [-0.2, 0) is 14.8 Å². The summed E-state index contributed by atoms with van der Waals surface area (Å²) in [6.45, 7) is 8.29. The minimum absolute atomic E-state index is 0.274. The summed E-state index contributed by atoms with van der Waals surface area (Å²) >= 11 is 0. The summed E-state index contributed by atoms with van der Waals surface area (Å²) in [5.74, 6) is 0.752. The van der Waals surface area contributed by atoms with Crippen LogP contribution in [0.5, 0.6) is 5.75 Å². The summed E-state index contributed by atoms with van der Waals surface area (Å²) < 4.78 is 31.4. The van der Waals surface area contributed by atoms with E-state index in [4.69, 9.17) is 4.74 Å². The van der Waals surface area contributed by atoms with Gasteiger partial charge in [0.1, 0.15) is 18.9 Å². The normalized spacial score (nSPS) is 11.4. The van der Waals surface area contributed by atoms with Crippen molar-refractivity contribution in [3.8, 4) is 5.75 Å². The van der Waals surface area contributed by atoms with Gasteiger partial charge in [0.05, 0.1) is 18.5 Å². The van der Waals surface area contributed by atoms with Gasteiger partial charge >= 0.3 is 0 Å². The van der Waals surface area contributed by atoms with Gasteiger partial charge in [-0.2, -0.15) is 0 Å². The molecule has 0 saturated carbocycles. The van der Waals surface area contributed by atoms with E-state index in [0.29, 0.717) is 18.2 Å². The molecule has 0 spiro atoms. The number of sulfonamides is 1. The molecule has 0 atom stereocenters. The summed E-state index contributed by atoms with van der Waals surface area (Å²) in [5, 5.41) is 2.73. The molecule has 2 aromatic rings. The smallest absolute Gasteiger partial charge is 0.240 e.